The lowest BCUT2D eigenvalue weighted by Gasteiger charge is -2.25. The van der Waals surface area contributed by atoms with Crippen LogP contribution in [0.15, 0.2) is 18.3 Å². The molecule has 1 aliphatic heterocycles. The minimum Gasteiger partial charge on any atom is -0.478 e. The maximum absolute atomic E-state index is 12.2. The fourth-order valence-corrected chi connectivity index (χ4v) is 2.58. The number of carboxylic acids is 1. The van der Waals surface area contributed by atoms with Crippen LogP contribution < -0.4 is 4.74 Å². The van der Waals surface area contributed by atoms with Crippen LogP contribution in [0.1, 0.15) is 43.5 Å². The average Bonchev–Trinajstić information content (AvgIpc) is 2.93. The third kappa shape index (κ3) is 4.19. The number of ether oxygens (including phenoxy) is 1. The Morgan fingerprint density at radius 2 is 2.23 bits per heavy atom. The van der Waals surface area contributed by atoms with Crippen LogP contribution in [0, 0.1) is 5.92 Å². The highest BCUT2D eigenvalue weighted by atomic mass is 16.5. The smallest absolute Gasteiger partial charge is 0.337 e. The van der Waals surface area contributed by atoms with E-state index in [1.54, 1.807) is 6.07 Å². The Bertz CT molecular complexity index is 527. The molecule has 1 saturated heterocycles. The van der Waals surface area contributed by atoms with E-state index in [0.29, 0.717) is 24.8 Å². The molecule has 2 rings (SSSR count). The predicted octanol–water partition coefficient (Wildman–Crippen LogP) is 2.20. The van der Waals surface area contributed by atoms with E-state index < -0.39 is 5.97 Å². The summed E-state index contributed by atoms with van der Waals surface area (Å²) in [6.07, 6.45) is 3.75. The summed E-state index contributed by atoms with van der Waals surface area (Å²) in [6.45, 7) is 5.25. The van der Waals surface area contributed by atoms with E-state index in [1.165, 1.54) is 12.3 Å². The summed E-state index contributed by atoms with van der Waals surface area (Å²) in [5, 5.41) is 8.82. The lowest BCUT2D eigenvalue weighted by molar-refractivity contribution is -0.133. The van der Waals surface area contributed by atoms with Gasteiger partial charge in [-0.15, -0.1) is 0 Å². The van der Waals surface area contributed by atoms with Crippen LogP contribution in [-0.4, -0.2) is 46.1 Å². The van der Waals surface area contributed by atoms with E-state index in [-0.39, 0.29) is 17.5 Å². The molecule has 120 valence electrons. The van der Waals surface area contributed by atoms with Crippen molar-refractivity contribution in [3.63, 3.8) is 0 Å². The van der Waals surface area contributed by atoms with Gasteiger partial charge in [-0.2, -0.15) is 0 Å². The zero-order chi connectivity index (χ0) is 16.1. The van der Waals surface area contributed by atoms with Crippen molar-refractivity contribution in [2.75, 3.05) is 13.2 Å². The Labute approximate surface area is 130 Å². The minimum atomic E-state index is -1.01. The van der Waals surface area contributed by atoms with Gasteiger partial charge >= 0.3 is 5.97 Å². The second-order valence-corrected chi connectivity index (χ2v) is 5.98. The molecule has 0 aliphatic carbocycles. The summed E-state index contributed by atoms with van der Waals surface area (Å²) in [7, 11) is 0. The van der Waals surface area contributed by atoms with Crippen LogP contribution in [0.4, 0.5) is 0 Å². The molecule has 6 heteroatoms. The lowest BCUT2D eigenvalue weighted by atomic mass is 10.1. The van der Waals surface area contributed by atoms with E-state index in [0.717, 1.165) is 19.4 Å². The van der Waals surface area contributed by atoms with E-state index in [1.807, 2.05) is 18.7 Å². The lowest BCUT2D eigenvalue weighted by Crippen LogP contribution is -2.39. The Kier molecular flexibility index (Phi) is 5.35. The molecule has 1 amide bonds. The number of carbonyl (C=O) groups excluding carboxylic acids is 1. The summed E-state index contributed by atoms with van der Waals surface area (Å²) in [6, 6.07) is 3.08. The summed E-state index contributed by atoms with van der Waals surface area (Å²) in [5.41, 5.74) is 0.127. The van der Waals surface area contributed by atoms with Crippen molar-refractivity contribution in [2.45, 2.75) is 39.2 Å². The van der Waals surface area contributed by atoms with Crippen molar-refractivity contribution in [1.29, 1.82) is 0 Å². The molecule has 0 radical (unpaired) electrons. The SMILES string of the molecule is CC(C)CC(=O)N1CCCC1COc1ccc(C(=O)O)cn1. The van der Waals surface area contributed by atoms with Crippen LogP contribution in [0.25, 0.3) is 0 Å². The molecule has 0 saturated carbocycles. The molecule has 1 N–H and O–H groups in total. The van der Waals surface area contributed by atoms with Crippen molar-refractivity contribution in [3.8, 4) is 5.88 Å². The largest absolute Gasteiger partial charge is 0.478 e. The molecule has 2 heterocycles. The van der Waals surface area contributed by atoms with Crippen LogP contribution in [-0.2, 0) is 4.79 Å². The number of amides is 1. The molecule has 0 aromatic carbocycles. The van der Waals surface area contributed by atoms with Gasteiger partial charge < -0.3 is 14.7 Å². The molecule has 1 aromatic rings. The number of hydrogen-bond donors (Lipinski definition) is 1. The van der Waals surface area contributed by atoms with Gasteiger partial charge in [0.2, 0.25) is 11.8 Å². The molecular formula is C16H22N2O4. The zero-order valence-corrected chi connectivity index (χ0v) is 13.0. The number of hydrogen-bond acceptors (Lipinski definition) is 4. The zero-order valence-electron chi connectivity index (χ0n) is 13.0. The van der Waals surface area contributed by atoms with E-state index in [2.05, 4.69) is 4.98 Å². The molecule has 0 spiro atoms. The third-order valence-electron chi connectivity index (χ3n) is 3.69. The predicted molar refractivity (Wildman–Crippen MR) is 80.9 cm³/mol. The molecule has 1 atom stereocenters. The maximum atomic E-state index is 12.2. The number of rotatable bonds is 6. The average molecular weight is 306 g/mol. The second-order valence-electron chi connectivity index (χ2n) is 5.98. The van der Waals surface area contributed by atoms with Gasteiger partial charge in [-0.3, -0.25) is 4.79 Å². The van der Waals surface area contributed by atoms with Crippen molar-refractivity contribution in [3.05, 3.63) is 23.9 Å². The van der Waals surface area contributed by atoms with Crippen molar-refractivity contribution < 1.29 is 19.4 Å². The fourth-order valence-electron chi connectivity index (χ4n) is 2.58. The molecule has 1 aromatic heterocycles. The highest BCUT2D eigenvalue weighted by Crippen LogP contribution is 2.20. The molecule has 6 nitrogen and oxygen atoms in total. The normalized spacial score (nSPS) is 17.8. The molecule has 0 bridgehead atoms. The molecule has 1 fully saturated rings. The first-order chi connectivity index (χ1) is 10.5. The fraction of sp³-hybridized carbons (Fsp3) is 0.562. The Morgan fingerprint density at radius 3 is 2.82 bits per heavy atom. The van der Waals surface area contributed by atoms with Crippen molar-refractivity contribution in [2.24, 2.45) is 5.92 Å². The van der Waals surface area contributed by atoms with Gasteiger partial charge in [0, 0.05) is 25.2 Å². The highest BCUT2D eigenvalue weighted by molar-refractivity contribution is 5.87. The maximum Gasteiger partial charge on any atom is 0.337 e. The van der Waals surface area contributed by atoms with Gasteiger partial charge in [-0.05, 0) is 24.8 Å². The summed E-state index contributed by atoms with van der Waals surface area (Å²) < 4.78 is 5.61. The quantitative estimate of drug-likeness (QED) is 0.871. The Morgan fingerprint density at radius 1 is 1.45 bits per heavy atom. The first kappa shape index (κ1) is 16.3. The number of aromatic nitrogens is 1. The monoisotopic (exact) mass is 306 g/mol. The summed E-state index contributed by atoms with van der Waals surface area (Å²) >= 11 is 0. The Balaban J connectivity index is 1.89. The number of aromatic carboxylic acids is 1. The van der Waals surface area contributed by atoms with Crippen molar-refractivity contribution in [1.82, 2.24) is 9.88 Å². The molecule has 1 unspecified atom stereocenters. The number of likely N-dealkylation sites (tertiary alicyclic amines) is 1. The molecular weight excluding hydrogens is 284 g/mol. The van der Waals surface area contributed by atoms with Gasteiger partial charge in [0.25, 0.3) is 0 Å². The van der Waals surface area contributed by atoms with E-state index >= 15 is 0 Å². The number of pyridine rings is 1. The van der Waals surface area contributed by atoms with Gasteiger partial charge in [0.05, 0.1) is 11.6 Å². The van der Waals surface area contributed by atoms with Crippen LogP contribution >= 0.6 is 0 Å². The number of nitrogens with zero attached hydrogens (tertiary/aromatic N) is 2. The van der Waals surface area contributed by atoms with E-state index in [4.69, 9.17) is 9.84 Å². The second kappa shape index (κ2) is 7.24. The number of carbonyl (C=O) groups is 2. The third-order valence-corrected chi connectivity index (χ3v) is 3.69. The first-order valence-corrected chi connectivity index (χ1v) is 7.59. The van der Waals surface area contributed by atoms with Gasteiger partial charge in [0.15, 0.2) is 0 Å². The standard InChI is InChI=1S/C16H22N2O4/c1-11(2)8-15(19)18-7-3-4-13(18)10-22-14-6-5-12(9-17-14)16(20)21/h5-6,9,11,13H,3-4,7-8,10H2,1-2H3,(H,20,21). The summed E-state index contributed by atoms with van der Waals surface area (Å²) in [4.78, 5) is 28.8. The van der Waals surface area contributed by atoms with Gasteiger partial charge in [-0.1, -0.05) is 13.8 Å². The number of carboxylic acid groups (broad SMARTS) is 1. The van der Waals surface area contributed by atoms with Crippen LogP contribution in [0.3, 0.4) is 0 Å². The van der Waals surface area contributed by atoms with Crippen LogP contribution in [0.2, 0.25) is 0 Å². The van der Waals surface area contributed by atoms with Crippen molar-refractivity contribution >= 4 is 11.9 Å². The minimum absolute atomic E-state index is 0.0761. The highest BCUT2D eigenvalue weighted by Gasteiger charge is 2.29. The summed E-state index contributed by atoms with van der Waals surface area (Å²) in [5.74, 6) is -0.108. The molecule has 22 heavy (non-hydrogen) atoms. The topological polar surface area (TPSA) is 79.7 Å². The van der Waals surface area contributed by atoms with Gasteiger partial charge in [-0.25, -0.2) is 9.78 Å². The van der Waals surface area contributed by atoms with E-state index in [9.17, 15) is 9.59 Å². The molecule has 1 aliphatic rings. The first-order valence-electron chi connectivity index (χ1n) is 7.59. The van der Waals surface area contributed by atoms with Gasteiger partial charge in [0.1, 0.15) is 6.61 Å². The van der Waals surface area contributed by atoms with Crippen LogP contribution in [0.5, 0.6) is 5.88 Å². The Hall–Kier alpha value is -2.11.